The SMILES string of the molecule is CCOC1CC(N)(C(=O)N2CCN(C3CC4CCC3C4)CC2)C1(C)C. The van der Waals surface area contributed by atoms with Crippen molar-refractivity contribution in [1.82, 2.24) is 9.80 Å². The molecule has 4 aliphatic rings. The van der Waals surface area contributed by atoms with Crippen LogP contribution in [0.5, 0.6) is 0 Å². The largest absolute Gasteiger partial charge is 0.378 e. The van der Waals surface area contributed by atoms with Gasteiger partial charge < -0.3 is 15.4 Å². The van der Waals surface area contributed by atoms with Crippen LogP contribution in [-0.4, -0.2) is 66.2 Å². The second-order valence-corrected chi connectivity index (χ2v) is 9.41. The summed E-state index contributed by atoms with van der Waals surface area (Å²) in [5.74, 6) is 2.04. The van der Waals surface area contributed by atoms with Crippen molar-refractivity contribution in [1.29, 1.82) is 0 Å². The summed E-state index contributed by atoms with van der Waals surface area (Å²) in [5, 5.41) is 0. The molecule has 5 atom stereocenters. The molecule has 1 aliphatic heterocycles. The van der Waals surface area contributed by atoms with Gasteiger partial charge in [0.15, 0.2) is 0 Å². The van der Waals surface area contributed by atoms with Crippen molar-refractivity contribution in [2.75, 3.05) is 32.8 Å². The summed E-state index contributed by atoms with van der Waals surface area (Å²) >= 11 is 0. The first kappa shape index (κ1) is 17.7. The number of carbonyl (C=O) groups excluding carboxylic acids is 1. The third-order valence-corrected chi connectivity index (χ3v) is 7.98. The minimum absolute atomic E-state index is 0.0989. The fourth-order valence-corrected chi connectivity index (χ4v) is 6.00. The van der Waals surface area contributed by atoms with Crippen LogP contribution in [0, 0.1) is 17.3 Å². The molecule has 0 radical (unpaired) electrons. The van der Waals surface area contributed by atoms with Crippen LogP contribution in [0.25, 0.3) is 0 Å². The Morgan fingerprint density at radius 3 is 2.40 bits per heavy atom. The molecule has 0 aromatic heterocycles. The van der Waals surface area contributed by atoms with E-state index in [-0.39, 0.29) is 17.4 Å². The number of carbonyl (C=O) groups is 1. The van der Waals surface area contributed by atoms with Crippen molar-refractivity contribution < 1.29 is 9.53 Å². The molecule has 4 rings (SSSR count). The molecular formula is C20H35N3O2. The molecule has 1 heterocycles. The normalized spacial score (nSPS) is 43.3. The Morgan fingerprint density at radius 2 is 1.88 bits per heavy atom. The molecule has 0 aromatic carbocycles. The monoisotopic (exact) mass is 349 g/mol. The molecule has 4 fully saturated rings. The molecular weight excluding hydrogens is 314 g/mol. The molecule has 3 saturated carbocycles. The lowest BCUT2D eigenvalue weighted by Gasteiger charge is -2.59. The highest BCUT2D eigenvalue weighted by molar-refractivity contribution is 5.89. The van der Waals surface area contributed by atoms with Gasteiger partial charge in [-0.2, -0.15) is 0 Å². The zero-order valence-electron chi connectivity index (χ0n) is 16.2. The fraction of sp³-hybridized carbons (Fsp3) is 0.950. The fourth-order valence-electron chi connectivity index (χ4n) is 6.00. The van der Waals surface area contributed by atoms with Gasteiger partial charge in [0.2, 0.25) is 5.91 Å². The number of nitrogens with two attached hydrogens (primary N) is 1. The van der Waals surface area contributed by atoms with Gasteiger partial charge in [0, 0.05) is 50.7 Å². The van der Waals surface area contributed by atoms with E-state index in [0.717, 1.165) is 44.1 Å². The highest BCUT2D eigenvalue weighted by atomic mass is 16.5. The molecule has 5 nitrogen and oxygen atoms in total. The molecule has 25 heavy (non-hydrogen) atoms. The van der Waals surface area contributed by atoms with E-state index in [0.29, 0.717) is 13.0 Å². The van der Waals surface area contributed by atoms with Crippen molar-refractivity contribution in [2.45, 2.75) is 70.6 Å². The predicted molar refractivity (Wildman–Crippen MR) is 98.1 cm³/mol. The number of hydrogen-bond acceptors (Lipinski definition) is 4. The first-order chi connectivity index (χ1) is 11.9. The lowest BCUT2D eigenvalue weighted by Crippen LogP contribution is -2.76. The van der Waals surface area contributed by atoms with Gasteiger partial charge in [-0.3, -0.25) is 9.69 Å². The quantitative estimate of drug-likeness (QED) is 0.841. The van der Waals surface area contributed by atoms with Crippen molar-refractivity contribution in [2.24, 2.45) is 23.0 Å². The molecule has 1 saturated heterocycles. The Labute approximate surface area is 152 Å². The highest BCUT2D eigenvalue weighted by Crippen LogP contribution is 2.51. The van der Waals surface area contributed by atoms with Crippen molar-refractivity contribution >= 4 is 5.91 Å². The lowest BCUT2D eigenvalue weighted by molar-refractivity contribution is -0.180. The maximum absolute atomic E-state index is 13.1. The van der Waals surface area contributed by atoms with Crippen LogP contribution in [0.15, 0.2) is 0 Å². The second kappa shape index (κ2) is 6.21. The van der Waals surface area contributed by atoms with E-state index < -0.39 is 5.54 Å². The predicted octanol–water partition coefficient (Wildman–Crippen LogP) is 1.85. The number of hydrogen-bond donors (Lipinski definition) is 1. The van der Waals surface area contributed by atoms with E-state index in [2.05, 4.69) is 18.7 Å². The Hall–Kier alpha value is -0.650. The average Bonchev–Trinajstić information content (AvgIpc) is 3.24. The van der Waals surface area contributed by atoms with Gasteiger partial charge in [0.05, 0.1) is 6.10 Å². The second-order valence-electron chi connectivity index (χ2n) is 9.41. The topological polar surface area (TPSA) is 58.8 Å². The molecule has 2 N–H and O–H groups in total. The van der Waals surface area contributed by atoms with Crippen molar-refractivity contribution in [3.05, 3.63) is 0 Å². The average molecular weight is 350 g/mol. The minimum Gasteiger partial charge on any atom is -0.378 e. The Morgan fingerprint density at radius 1 is 1.16 bits per heavy atom. The maximum Gasteiger partial charge on any atom is 0.243 e. The van der Waals surface area contributed by atoms with Crippen LogP contribution in [0.2, 0.25) is 0 Å². The molecule has 5 heteroatoms. The van der Waals surface area contributed by atoms with Crippen molar-refractivity contribution in [3.8, 4) is 0 Å². The number of piperazine rings is 1. The zero-order valence-corrected chi connectivity index (χ0v) is 16.2. The number of ether oxygens (including phenoxy) is 1. The molecule has 0 aromatic rings. The zero-order chi connectivity index (χ0) is 17.8. The first-order valence-electron chi connectivity index (χ1n) is 10.3. The van der Waals surface area contributed by atoms with E-state index in [1.165, 1.54) is 25.7 Å². The van der Waals surface area contributed by atoms with Crippen LogP contribution in [0.3, 0.4) is 0 Å². The number of fused-ring (bicyclic) bond motifs is 2. The number of amides is 1. The van der Waals surface area contributed by atoms with Crippen molar-refractivity contribution in [3.63, 3.8) is 0 Å². The standard InChI is InChI=1S/C20H35N3O2/c1-4-25-17-13-20(21,19(17,2)3)18(24)23-9-7-22(8-10-23)16-12-14-5-6-15(16)11-14/h14-17H,4-13,21H2,1-3H3. The number of rotatable bonds is 4. The van der Waals surface area contributed by atoms with E-state index in [1.54, 1.807) is 0 Å². The lowest BCUT2D eigenvalue weighted by atomic mass is 9.54. The molecule has 5 unspecified atom stereocenters. The van der Waals surface area contributed by atoms with Crippen LogP contribution in [0.4, 0.5) is 0 Å². The Kier molecular flexibility index (Phi) is 4.41. The molecule has 142 valence electrons. The summed E-state index contributed by atoms with van der Waals surface area (Å²) in [4.78, 5) is 17.8. The summed E-state index contributed by atoms with van der Waals surface area (Å²) in [6, 6.07) is 0.783. The van der Waals surface area contributed by atoms with Crippen LogP contribution in [0.1, 0.15) is 52.9 Å². The van der Waals surface area contributed by atoms with E-state index in [9.17, 15) is 4.79 Å². The minimum atomic E-state index is -0.762. The maximum atomic E-state index is 13.1. The number of nitrogens with zero attached hydrogens (tertiary/aromatic N) is 2. The third kappa shape index (κ3) is 2.65. The summed E-state index contributed by atoms with van der Waals surface area (Å²) in [6.45, 7) is 10.6. The Bertz CT molecular complexity index is 529. The Balaban J connectivity index is 1.34. The van der Waals surface area contributed by atoms with E-state index in [4.69, 9.17) is 10.5 Å². The highest BCUT2D eigenvalue weighted by Gasteiger charge is 2.63. The van der Waals surface area contributed by atoms with Gasteiger partial charge in [0.25, 0.3) is 0 Å². The van der Waals surface area contributed by atoms with Gasteiger partial charge in [0.1, 0.15) is 5.54 Å². The first-order valence-corrected chi connectivity index (χ1v) is 10.3. The van der Waals surface area contributed by atoms with Gasteiger partial charge in [-0.15, -0.1) is 0 Å². The van der Waals surface area contributed by atoms with Crippen LogP contribution >= 0.6 is 0 Å². The molecule has 1 amide bonds. The van der Waals surface area contributed by atoms with Crippen LogP contribution < -0.4 is 5.73 Å². The third-order valence-electron chi connectivity index (χ3n) is 7.98. The van der Waals surface area contributed by atoms with E-state index >= 15 is 0 Å². The smallest absolute Gasteiger partial charge is 0.243 e. The molecule has 2 bridgehead atoms. The van der Waals surface area contributed by atoms with Gasteiger partial charge in [-0.05, 0) is 38.0 Å². The van der Waals surface area contributed by atoms with Crippen LogP contribution in [-0.2, 0) is 9.53 Å². The summed E-state index contributed by atoms with van der Waals surface area (Å²) in [6.07, 6.45) is 6.46. The van der Waals surface area contributed by atoms with E-state index in [1.807, 2.05) is 11.8 Å². The summed E-state index contributed by atoms with van der Waals surface area (Å²) in [7, 11) is 0. The van der Waals surface area contributed by atoms with Gasteiger partial charge >= 0.3 is 0 Å². The summed E-state index contributed by atoms with van der Waals surface area (Å²) in [5.41, 5.74) is 5.54. The summed E-state index contributed by atoms with van der Waals surface area (Å²) < 4.78 is 5.78. The molecule has 0 spiro atoms. The van der Waals surface area contributed by atoms with Gasteiger partial charge in [-0.1, -0.05) is 20.3 Å². The van der Waals surface area contributed by atoms with Gasteiger partial charge in [-0.25, -0.2) is 0 Å². The molecule has 3 aliphatic carbocycles.